The van der Waals surface area contributed by atoms with Gasteiger partial charge in [0.2, 0.25) is 0 Å². The van der Waals surface area contributed by atoms with Crippen molar-refractivity contribution in [1.29, 1.82) is 0 Å². The van der Waals surface area contributed by atoms with Crippen LogP contribution in [0, 0.1) is 17.5 Å². The second-order valence-electron chi connectivity index (χ2n) is 7.41. The number of benzene rings is 1. The highest BCUT2D eigenvalue weighted by Gasteiger charge is 2.23. The summed E-state index contributed by atoms with van der Waals surface area (Å²) in [7, 11) is 1.82. The van der Waals surface area contributed by atoms with Crippen LogP contribution >= 0.6 is 11.6 Å². The van der Waals surface area contributed by atoms with Crippen molar-refractivity contribution in [1.82, 2.24) is 9.97 Å². The highest BCUT2D eigenvalue weighted by Crippen LogP contribution is 2.30. The third-order valence-corrected chi connectivity index (χ3v) is 5.36. The van der Waals surface area contributed by atoms with E-state index in [1.54, 1.807) is 18.5 Å². The SMILES string of the molecule is CNc1cnccc1C1=CC(O)CC(CCl)O1.Nc1cc(F)c(-c2c(F)cccc2F)nc1C=O. The number of nitrogens with two attached hydrogens (primary N) is 1. The van der Waals surface area contributed by atoms with Crippen LogP contribution in [0.4, 0.5) is 24.5 Å². The third kappa shape index (κ3) is 6.09. The number of hydrogen-bond donors (Lipinski definition) is 3. The Balaban J connectivity index is 0.000000196. The number of aliphatic hydroxyl groups excluding tert-OH is 1. The van der Waals surface area contributed by atoms with E-state index in [4.69, 9.17) is 22.1 Å². The Morgan fingerprint density at radius 3 is 2.60 bits per heavy atom. The molecule has 2 unspecified atom stereocenters. The monoisotopic (exact) mass is 506 g/mol. The van der Waals surface area contributed by atoms with E-state index in [9.17, 15) is 23.1 Å². The van der Waals surface area contributed by atoms with E-state index >= 15 is 0 Å². The molecule has 2 aromatic heterocycles. The standard InChI is InChI=1S/C12H15ClN2O2.C12H7F3N2O/c1-14-11-7-15-3-2-10(11)12-5-8(16)4-9(6-13)17-12;13-6-2-1-3-7(14)11(6)12-8(15)4-9(16)10(5-18)17-12/h2-3,5,7-9,14,16H,4,6H2,1H3;1-5H,16H2. The van der Waals surface area contributed by atoms with Crippen molar-refractivity contribution >= 4 is 35.0 Å². The molecule has 184 valence electrons. The molecule has 11 heteroatoms. The average molecular weight is 507 g/mol. The first kappa shape index (κ1) is 26.0. The lowest BCUT2D eigenvalue weighted by molar-refractivity contribution is 0.0939. The number of alkyl halides is 1. The third-order valence-electron chi connectivity index (χ3n) is 5.02. The molecular formula is C24H22ClF3N4O3. The Labute approximate surface area is 204 Å². The molecule has 1 aliphatic rings. The predicted molar refractivity (Wildman–Crippen MR) is 127 cm³/mol. The van der Waals surface area contributed by atoms with Gasteiger partial charge in [-0.3, -0.25) is 9.78 Å². The van der Waals surface area contributed by atoms with Crippen LogP contribution in [0.2, 0.25) is 0 Å². The minimum atomic E-state index is -0.998. The lowest BCUT2D eigenvalue weighted by Crippen LogP contribution is -2.26. The van der Waals surface area contributed by atoms with Crippen LogP contribution in [0.1, 0.15) is 22.5 Å². The molecule has 0 spiro atoms. The van der Waals surface area contributed by atoms with E-state index in [1.807, 2.05) is 13.1 Å². The molecule has 3 aromatic rings. The number of nitrogens with one attached hydrogen (secondary N) is 1. The van der Waals surface area contributed by atoms with Gasteiger partial charge in [-0.15, -0.1) is 11.6 Å². The Kier molecular flexibility index (Phi) is 8.67. The van der Waals surface area contributed by atoms with Crippen LogP contribution in [0.15, 0.2) is 48.8 Å². The molecular weight excluding hydrogens is 485 g/mol. The van der Waals surface area contributed by atoms with Gasteiger partial charge in [0.15, 0.2) is 12.1 Å². The largest absolute Gasteiger partial charge is 0.489 e. The molecule has 0 saturated carbocycles. The molecule has 1 aliphatic heterocycles. The number of nitrogen functional groups attached to an aromatic ring is 1. The van der Waals surface area contributed by atoms with Crippen molar-refractivity contribution in [3.8, 4) is 11.3 Å². The van der Waals surface area contributed by atoms with Crippen molar-refractivity contribution in [2.24, 2.45) is 0 Å². The number of aldehydes is 1. The number of halogens is 4. The average Bonchev–Trinajstić information content (AvgIpc) is 2.85. The van der Waals surface area contributed by atoms with E-state index in [2.05, 4.69) is 15.3 Å². The molecule has 0 amide bonds. The maximum absolute atomic E-state index is 13.6. The number of carbonyl (C=O) groups is 1. The number of anilines is 2. The first-order valence-corrected chi connectivity index (χ1v) is 10.9. The highest BCUT2D eigenvalue weighted by molar-refractivity contribution is 6.18. The second-order valence-corrected chi connectivity index (χ2v) is 7.72. The fourth-order valence-electron chi connectivity index (χ4n) is 3.35. The van der Waals surface area contributed by atoms with Crippen molar-refractivity contribution < 1.29 is 27.8 Å². The number of pyridine rings is 2. The Morgan fingerprint density at radius 1 is 1.26 bits per heavy atom. The second kappa shape index (κ2) is 11.7. The van der Waals surface area contributed by atoms with Crippen LogP contribution in [0.25, 0.3) is 17.0 Å². The van der Waals surface area contributed by atoms with Crippen LogP contribution in [-0.4, -0.2) is 46.5 Å². The summed E-state index contributed by atoms with van der Waals surface area (Å²) < 4.78 is 46.3. The minimum Gasteiger partial charge on any atom is -0.489 e. The van der Waals surface area contributed by atoms with Gasteiger partial charge in [-0.05, 0) is 24.3 Å². The molecule has 3 heterocycles. The summed E-state index contributed by atoms with van der Waals surface area (Å²) in [6, 6.07) is 5.73. The fourth-order valence-corrected chi connectivity index (χ4v) is 3.54. The summed E-state index contributed by atoms with van der Waals surface area (Å²) in [5, 5.41) is 12.8. The summed E-state index contributed by atoms with van der Waals surface area (Å²) in [4.78, 5) is 18.2. The molecule has 0 radical (unpaired) electrons. The zero-order valence-corrected chi connectivity index (χ0v) is 19.3. The number of carbonyl (C=O) groups excluding carboxylic acids is 1. The van der Waals surface area contributed by atoms with E-state index in [0.717, 1.165) is 35.5 Å². The normalized spacial score (nSPS) is 16.9. The molecule has 4 N–H and O–H groups in total. The van der Waals surface area contributed by atoms with Gasteiger partial charge in [0.25, 0.3) is 0 Å². The summed E-state index contributed by atoms with van der Waals surface area (Å²) in [6.07, 6.45) is 5.28. The van der Waals surface area contributed by atoms with Crippen LogP contribution < -0.4 is 11.1 Å². The van der Waals surface area contributed by atoms with E-state index in [-0.39, 0.29) is 23.8 Å². The maximum Gasteiger partial charge on any atom is 0.170 e. The van der Waals surface area contributed by atoms with Gasteiger partial charge >= 0.3 is 0 Å². The molecule has 4 rings (SSSR count). The molecule has 0 aliphatic carbocycles. The molecule has 0 fully saturated rings. The smallest absolute Gasteiger partial charge is 0.170 e. The van der Waals surface area contributed by atoms with Gasteiger partial charge in [0, 0.05) is 31.3 Å². The zero-order chi connectivity index (χ0) is 25.5. The molecule has 2 atom stereocenters. The number of rotatable bonds is 5. The lowest BCUT2D eigenvalue weighted by Gasteiger charge is -2.27. The zero-order valence-electron chi connectivity index (χ0n) is 18.5. The Morgan fingerprint density at radius 2 is 1.97 bits per heavy atom. The van der Waals surface area contributed by atoms with Gasteiger partial charge in [-0.1, -0.05) is 6.07 Å². The van der Waals surface area contributed by atoms with Gasteiger partial charge < -0.3 is 20.9 Å². The molecule has 0 saturated heterocycles. The first-order valence-electron chi connectivity index (χ1n) is 10.4. The van der Waals surface area contributed by atoms with Crippen molar-refractivity contribution in [3.05, 3.63) is 77.5 Å². The number of aliphatic hydroxyl groups is 1. The summed E-state index contributed by atoms with van der Waals surface area (Å²) >= 11 is 5.78. The number of hydrogen-bond acceptors (Lipinski definition) is 7. The minimum absolute atomic E-state index is 0.149. The summed E-state index contributed by atoms with van der Waals surface area (Å²) in [6.45, 7) is 0. The first-order chi connectivity index (χ1) is 16.8. The molecule has 1 aromatic carbocycles. The van der Waals surface area contributed by atoms with Gasteiger partial charge in [0.05, 0.1) is 35.1 Å². The molecule has 35 heavy (non-hydrogen) atoms. The van der Waals surface area contributed by atoms with E-state index < -0.39 is 34.8 Å². The van der Waals surface area contributed by atoms with E-state index in [1.165, 1.54) is 0 Å². The lowest BCUT2D eigenvalue weighted by atomic mass is 10.0. The number of ether oxygens (including phenoxy) is 1. The summed E-state index contributed by atoms with van der Waals surface area (Å²) in [5.41, 5.74) is 5.41. The summed E-state index contributed by atoms with van der Waals surface area (Å²) in [5.74, 6) is -1.91. The predicted octanol–water partition coefficient (Wildman–Crippen LogP) is 4.41. The van der Waals surface area contributed by atoms with Crippen LogP contribution in [-0.2, 0) is 4.74 Å². The molecule has 0 bridgehead atoms. The topological polar surface area (TPSA) is 110 Å². The van der Waals surface area contributed by atoms with Crippen molar-refractivity contribution in [2.45, 2.75) is 18.6 Å². The van der Waals surface area contributed by atoms with Gasteiger partial charge in [-0.25, -0.2) is 18.2 Å². The van der Waals surface area contributed by atoms with Crippen LogP contribution in [0.3, 0.4) is 0 Å². The molecule has 7 nitrogen and oxygen atoms in total. The number of nitrogens with zero attached hydrogens (tertiary/aromatic N) is 2. The van der Waals surface area contributed by atoms with Crippen LogP contribution in [0.5, 0.6) is 0 Å². The fraction of sp³-hybridized carbons (Fsp3) is 0.208. The van der Waals surface area contributed by atoms with E-state index in [0.29, 0.717) is 18.1 Å². The maximum atomic E-state index is 13.6. The van der Waals surface area contributed by atoms with Crippen molar-refractivity contribution in [2.75, 3.05) is 24.0 Å². The Hall–Kier alpha value is -3.63. The quantitative estimate of drug-likeness (QED) is 0.347. The van der Waals surface area contributed by atoms with Gasteiger partial charge in [0.1, 0.15) is 34.9 Å². The Bertz CT molecular complexity index is 1220. The van der Waals surface area contributed by atoms with Gasteiger partial charge in [-0.2, -0.15) is 0 Å². The van der Waals surface area contributed by atoms with Crippen molar-refractivity contribution in [3.63, 3.8) is 0 Å². The highest BCUT2D eigenvalue weighted by atomic mass is 35.5. The number of aromatic nitrogens is 2.